The fraction of sp³-hybridized carbons (Fsp3) is 0.467. The predicted octanol–water partition coefficient (Wildman–Crippen LogP) is 0.987. The highest BCUT2D eigenvalue weighted by Gasteiger charge is 2.58. The molecule has 0 aromatic carbocycles. The van der Waals surface area contributed by atoms with Gasteiger partial charge in [0.1, 0.15) is 0 Å². The van der Waals surface area contributed by atoms with Gasteiger partial charge in [0, 0.05) is 24.1 Å². The van der Waals surface area contributed by atoms with Crippen molar-refractivity contribution >= 4 is 11.8 Å². The third kappa shape index (κ3) is 1.78. The first kappa shape index (κ1) is 13.7. The van der Waals surface area contributed by atoms with Gasteiger partial charge in [-0.2, -0.15) is 4.98 Å². The molecule has 1 aromatic rings. The Morgan fingerprint density at radius 2 is 2.19 bits per heavy atom. The maximum Gasteiger partial charge on any atom is 0.324 e. The van der Waals surface area contributed by atoms with E-state index in [9.17, 15) is 9.59 Å². The van der Waals surface area contributed by atoms with Crippen LogP contribution in [0, 0.1) is 5.92 Å². The van der Waals surface area contributed by atoms with E-state index in [1.54, 1.807) is 0 Å². The highest BCUT2D eigenvalue weighted by Crippen LogP contribution is 2.47. The zero-order chi connectivity index (χ0) is 15.2. The van der Waals surface area contributed by atoms with Crippen molar-refractivity contribution < 1.29 is 19.1 Å². The van der Waals surface area contributed by atoms with Gasteiger partial charge in [-0.1, -0.05) is 12.2 Å². The second-order valence-corrected chi connectivity index (χ2v) is 5.51. The van der Waals surface area contributed by atoms with Gasteiger partial charge >= 0.3 is 12.0 Å². The Hall–Kier alpha value is -2.24. The lowest BCUT2D eigenvalue weighted by Gasteiger charge is -2.42. The molecular formula is C15H16N2O4. The number of methoxy groups -OCH3 is 2. The molecule has 2 atom stereocenters. The van der Waals surface area contributed by atoms with Crippen molar-refractivity contribution in [2.24, 2.45) is 5.92 Å². The molecular weight excluding hydrogens is 272 g/mol. The van der Waals surface area contributed by atoms with E-state index in [1.807, 2.05) is 0 Å². The molecule has 21 heavy (non-hydrogen) atoms. The number of hydrogen-bond acceptors (Lipinski definition) is 6. The number of Topliss-reactive ketones (excluding diaryl/α,β-unsaturated/α-hetero) is 1. The van der Waals surface area contributed by atoms with Crippen LogP contribution >= 0.6 is 0 Å². The number of nitrogens with zero attached hydrogens (tertiary/aromatic N) is 2. The van der Waals surface area contributed by atoms with Crippen molar-refractivity contribution in [2.45, 2.75) is 24.7 Å². The molecule has 0 unspecified atom stereocenters. The summed E-state index contributed by atoms with van der Waals surface area (Å²) in [4.78, 5) is 33.5. The Balaban J connectivity index is 2.24. The summed E-state index contributed by atoms with van der Waals surface area (Å²) in [6.45, 7) is 3.97. The molecule has 1 aromatic heterocycles. The third-order valence-electron chi connectivity index (χ3n) is 4.30. The zero-order valence-corrected chi connectivity index (χ0v) is 12.0. The monoisotopic (exact) mass is 288 g/mol. The maximum atomic E-state index is 12.8. The van der Waals surface area contributed by atoms with Gasteiger partial charge < -0.3 is 9.47 Å². The molecule has 0 amide bonds. The number of esters is 1. The van der Waals surface area contributed by atoms with Crippen molar-refractivity contribution in [3.8, 4) is 6.01 Å². The lowest BCUT2D eigenvalue weighted by molar-refractivity contribution is -0.155. The highest BCUT2D eigenvalue weighted by atomic mass is 16.5. The first-order valence-electron chi connectivity index (χ1n) is 6.72. The number of aromatic nitrogens is 2. The van der Waals surface area contributed by atoms with Gasteiger partial charge in [0.05, 0.1) is 19.9 Å². The summed E-state index contributed by atoms with van der Waals surface area (Å²) in [5.41, 5.74) is 0.752. The van der Waals surface area contributed by atoms with Crippen LogP contribution in [0.25, 0.3) is 0 Å². The van der Waals surface area contributed by atoms with E-state index < -0.39 is 11.4 Å². The minimum atomic E-state index is -1.34. The summed E-state index contributed by atoms with van der Waals surface area (Å²) < 4.78 is 9.94. The van der Waals surface area contributed by atoms with Gasteiger partial charge in [-0.25, -0.2) is 4.98 Å². The molecule has 0 N–H and O–H groups in total. The summed E-state index contributed by atoms with van der Waals surface area (Å²) in [7, 11) is 2.77. The molecule has 0 spiro atoms. The first-order valence-corrected chi connectivity index (χ1v) is 6.72. The average molecular weight is 288 g/mol. The van der Waals surface area contributed by atoms with Crippen molar-refractivity contribution in [1.29, 1.82) is 0 Å². The topological polar surface area (TPSA) is 78.4 Å². The molecule has 1 heterocycles. The molecule has 2 aliphatic carbocycles. The number of carbonyl (C=O) groups excluding carboxylic acids is 2. The van der Waals surface area contributed by atoms with Crippen molar-refractivity contribution in [3.63, 3.8) is 0 Å². The highest BCUT2D eigenvalue weighted by molar-refractivity contribution is 6.12. The number of ketones is 1. The molecule has 0 saturated heterocycles. The van der Waals surface area contributed by atoms with Crippen LogP contribution in [0.5, 0.6) is 6.01 Å². The van der Waals surface area contributed by atoms with Crippen LogP contribution in [0.4, 0.5) is 0 Å². The summed E-state index contributed by atoms with van der Waals surface area (Å²) in [5, 5.41) is 0. The summed E-state index contributed by atoms with van der Waals surface area (Å²) >= 11 is 0. The van der Waals surface area contributed by atoms with Crippen LogP contribution in [-0.4, -0.2) is 35.9 Å². The second-order valence-electron chi connectivity index (χ2n) is 5.51. The molecule has 2 bridgehead atoms. The Kier molecular flexibility index (Phi) is 3.04. The molecule has 6 nitrogen and oxygen atoms in total. The Morgan fingerprint density at radius 3 is 2.86 bits per heavy atom. The number of allylic oxidation sites excluding steroid dienone is 1. The summed E-state index contributed by atoms with van der Waals surface area (Å²) in [5.74, 6) is -0.950. The van der Waals surface area contributed by atoms with Gasteiger partial charge in [0.25, 0.3) is 0 Å². The summed E-state index contributed by atoms with van der Waals surface area (Å²) in [6, 6.07) is 0.236. The fourth-order valence-electron chi connectivity index (χ4n) is 3.42. The lowest BCUT2D eigenvalue weighted by Crippen LogP contribution is -2.54. The zero-order valence-electron chi connectivity index (χ0n) is 12.0. The van der Waals surface area contributed by atoms with E-state index in [0.29, 0.717) is 24.1 Å². The van der Waals surface area contributed by atoms with E-state index in [-0.39, 0.29) is 24.1 Å². The van der Waals surface area contributed by atoms with Crippen molar-refractivity contribution in [1.82, 2.24) is 9.97 Å². The smallest absolute Gasteiger partial charge is 0.324 e. The Morgan fingerprint density at radius 1 is 1.43 bits per heavy atom. The number of rotatable bonds is 2. The number of hydrogen-bond donors (Lipinski definition) is 0. The van der Waals surface area contributed by atoms with E-state index >= 15 is 0 Å². The van der Waals surface area contributed by atoms with E-state index in [2.05, 4.69) is 16.5 Å². The van der Waals surface area contributed by atoms with Crippen LogP contribution in [0.3, 0.4) is 0 Å². The average Bonchev–Trinajstić information content (AvgIpc) is 2.48. The molecule has 110 valence electrons. The molecule has 0 aliphatic heterocycles. The second kappa shape index (κ2) is 4.65. The third-order valence-corrected chi connectivity index (χ3v) is 4.30. The van der Waals surface area contributed by atoms with Gasteiger partial charge in [-0.15, -0.1) is 0 Å². The minimum absolute atomic E-state index is 0.108. The summed E-state index contributed by atoms with van der Waals surface area (Å²) in [6.07, 6.45) is 2.83. The number of fused-ring (bicyclic) bond motifs is 4. The van der Waals surface area contributed by atoms with Gasteiger partial charge in [0.2, 0.25) is 0 Å². The molecule has 1 fully saturated rings. The maximum absolute atomic E-state index is 12.8. The first-order chi connectivity index (χ1) is 10.0. The van der Waals surface area contributed by atoms with Crippen LogP contribution in [-0.2, 0) is 26.2 Å². The molecule has 1 saturated carbocycles. The van der Waals surface area contributed by atoms with Crippen molar-refractivity contribution in [3.05, 3.63) is 29.6 Å². The van der Waals surface area contributed by atoms with Crippen LogP contribution in [0.15, 0.2) is 18.3 Å². The Labute approximate surface area is 122 Å². The van der Waals surface area contributed by atoms with Gasteiger partial charge in [-0.05, 0) is 12.8 Å². The van der Waals surface area contributed by atoms with Crippen LogP contribution in [0.1, 0.15) is 24.1 Å². The largest absolute Gasteiger partial charge is 0.468 e. The van der Waals surface area contributed by atoms with Crippen LogP contribution in [0.2, 0.25) is 0 Å². The van der Waals surface area contributed by atoms with Gasteiger partial charge in [0.15, 0.2) is 11.2 Å². The standard InChI is InChI=1S/C15H16N2O4/c1-8-4-9-5-11-10(7-16-14(17-11)21-3)15(6-8,12(9)18)13(19)20-2/h7,9H,1,4-6H2,2-3H3/t9-,15-/m1/s1. The quantitative estimate of drug-likeness (QED) is 0.459. The predicted molar refractivity (Wildman–Crippen MR) is 72.9 cm³/mol. The van der Waals surface area contributed by atoms with Gasteiger partial charge in [-0.3, -0.25) is 9.59 Å². The molecule has 6 heteroatoms. The normalized spacial score (nSPS) is 27.0. The fourth-order valence-corrected chi connectivity index (χ4v) is 3.42. The lowest BCUT2D eigenvalue weighted by atomic mass is 9.58. The SMILES string of the molecule is C=C1C[C@@H]2Cc3nc(OC)ncc3[C@](C(=O)OC)(C1)C2=O. The molecule has 2 aliphatic rings. The van der Waals surface area contributed by atoms with Crippen LogP contribution < -0.4 is 4.74 Å². The van der Waals surface area contributed by atoms with E-state index in [4.69, 9.17) is 9.47 Å². The van der Waals surface area contributed by atoms with E-state index in [0.717, 1.165) is 5.57 Å². The Bertz CT molecular complexity index is 655. The number of ether oxygens (including phenoxy) is 2. The van der Waals surface area contributed by atoms with Crippen molar-refractivity contribution in [2.75, 3.05) is 14.2 Å². The molecule has 3 rings (SSSR count). The minimum Gasteiger partial charge on any atom is -0.468 e. The number of carbonyl (C=O) groups is 2. The van der Waals surface area contributed by atoms with E-state index in [1.165, 1.54) is 20.4 Å². The molecule has 0 radical (unpaired) electrons.